The van der Waals surface area contributed by atoms with E-state index >= 15 is 0 Å². The Morgan fingerprint density at radius 3 is 1.86 bits per heavy atom. The number of aromatic hydroxyl groups is 1. The van der Waals surface area contributed by atoms with Crippen LogP contribution in [0.2, 0.25) is 0 Å². The van der Waals surface area contributed by atoms with Gasteiger partial charge >= 0.3 is 0 Å². The fraction of sp³-hybridized carbons (Fsp3) is 0. The Morgan fingerprint density at radius 2 is 1.25 bits per heavy atom. The minimum atomic E-state index is -0.902. The molecule has 3 rings (SSSR count). The Kier molecular flexibility index (Phi) is 5.30. The van der Waals surface area contributed by atoms with Gasteiger partial charge in [0.05, 0.1) is 5.56 Å². The summed E-state index contributed by atoms with van der Waals surface area (Å²) in [4.78, 5) is 24.3. The van der Waals surface area contributed by atoms with E-state index in [1.54, 1.807) is 0 Å². The van der Waals surface area contributed by atoms with Gasteiger partial charge in [0.15, 0.2) is 0 Å². The molecule has 0 atom stereocenters. The van der Waals surface area contributed by atoms with Crippen LogP contribution in [-0.2, 0) is 0 Å². The molecule has 0 aliphatic rings. The summed E-state index contributed by atoms with van der Waals surface area (Å²) in [6, 6.07) is 11.1. The monoisotopic (exact) mass is 386 g/mol. The van der Waals surface area contributed by atoms with Crippen molar-refractivity contribution < 1.29 is 27.9 Å². The van der Waals surface area contributed by atoms with Crippen molar-refractivity contribution in [1.29, 1.82) is 0 Å². The maximum Gasteiger partial charge on any atom is 0.259 e. The number of carbonyl (C=O) groups excluding carboxylic acids is 2. The lowest BCUT2D eigenvalue weighted by atomic mass is 10.1. The lowest BCUT2D eigenvalue weighted by Crippen LogP contribution is -2.14. The number of benzene rings is 3. The van der Waals surface area contributed by atoms with E-state index in [1.807, 2.05) is 0 Å². The Bertz CT molecular complexity index is 1030. The summed E-state index contributed by atoms with van der Waals surface area (Å²) in [6.07, 6.45) is 0. The summed E-state index contributed by atoms with van der Waals surface area (Å²) >= 11 is 0. The molecule has 0 aliphatic carbocycles. The zero-order valence-corrected chi connectivity index (χ0v) is 14.2. The fourth-order valence-electron chi connectivity index (χ4n) is 2.42. The highest BCUT2D eigenvalue weighted by Crippen LogP contribution is 2.24. The molecule has 3 N–H and O–H groups in total. The number of anilines is 2. The largest absolute Gasteiger partial charge is 0.507 e. The highest BCUT2D eigenvalue weighted by molar-refractivity contribution is 6.07. The van der Waals surface area contributed by atoms with Gasteiger partial charge in [-0.3, -0.25) is 9.59 Å². The smallest absolute Gasteiger partial charge is 0.259 e. The standard InChI is InChI=1S/C20H13F3N2O3/c21-12-1-3-15(4-2-12)24-20(28)17-6-5-16(10-18(17)26)25-19(27)11-7-13(22)9-14(23)8-11/h1-10,26H,(H,24,28)(H,25,27). The van der Waals surface area contributed by atoms with Gasteiger partial charge in [0.25, 0.3) is 11.8 Å². The van der Waals surface area contributed by atoms with Crippen molar-refractivity contribution >= 4 is 23.2 Å². The molecule has 28 heavy (non-hydrogen) atoms. The molecule has 3 aromatic rings. The summed E-state index contributed by atoms with van der Waals surface area (Å²) < 4.78 is 39.3. The van der Waals surface area contributed by atoms with Crippen molar-refractivity contribution in [3.8, 4) is 5.75 Å². The number of phenols is 1. The van der Waals surface area contributed by atoms with Gasteiger partial charge in [-0.2, -0.15) is 0 Å². The first-order valence-corrected chi connectivity index (χ1v) is 7.99. The average molecular weight is 386 g/mol. The number of halogens is 3. The van der Waals surface area contributed by atoms with E-state index < -0.39 is 35.0 Å². The van der Waals surface area contributed by atoms with Gasteiger partial charge in [-0.05, 0) is 48.5 Å². The van der Waals surface area contributed by atoms with Crippen LogP contribution in [0, 0.1) is 17.5 Å². The zero-order valence-electron chi connectivity index (χ0n) is 14.2. The van der Waals surface area contributed by atoms with E-state index in [0.717, 1.165) is 18.2 Å². The molecule has 0 heterocycles. The molecular weight excluding hydrogens is 373 g/mol. The van der Waals surface area contributed by atoms with Gasteiger partial charge in [0, 0.05) is 29.1 Å². The number of carbonyl (C=O) groups is 2. The first-order chi connectivity index (χ1) is 13.3. The van der Waals surface area contributed by atoms with Crippen molar-refractivity contribution in [3.63, 3.8) is 0 Å². The van der Waals surface area contributed by atoms with Gasteiger partial charge in [0.1, 0.15) is 23.2 Å². The van der Waals surface area contributed by atoms with Crippen LogP contribution in [0.1, 0.15) is 20.7 Å². The van der Waals surface area contributed by atoms with Crippen molar-refractivity contribution in [2.45, 2.75) is 0 Å². The van der Waals surface area contributed by atoms with Gasteiger partial charge in [-0.15, -0.1) is 0 Å². The van der Waals surface area contributed by atoms with Gasteiger partial charge in [-0.1, -0.05) is 0 Å². The summed E-state index contributed by atoms with van der Waals surface area (Å²) in [7, 11) is 0. The molecule has 142 valence electrons. The second kappa shape index (κ2) is 7.83. The molecule has 0 spiro atoms. The molecule has 8 heteroatoms. The SMILES string of the molecule is O=C(Nc1ccc(C(=O)Nc2ccc(F)cc2)c(O)c1)c1cc(F)cc(F)c1. The summed E-state index contributed by atoms with van der Waals surface area (Å²) in [6.45, 7) is 0. The van der Waals surface area contributed by atoms with Crippen LogP contribution in [-0.4, -0.2) is 16.9 Å². The van der Waals surface area contributed by atoms with Crippen LogP contribution < -0.4 is 10.6 Å². The molecule has 0 aromatic heterocycles. The summed E-state index contributed by atoms with van der Waals surface area (Å²) in [5, 5.41) is 14.9. The van der Waals surface area contributed by atoms with E-state index in [4.69, 9.17) is 0 Å². The zero-order chi connectivity index (χ0) is 20.3. The van der Waals surface area contributed by atoms with Crippen molar-refractivity contribution in [1.82, 2.24) is 0 Å². The van der Waals surface area contributed by atoms with E-state index in [0.29, 0.717) is 11.8 Å². The molecule has 3 aromatic carbocycles. The van der Waals surface area contributed by atoms with Crippen LogP contribution in [0.3, 0.4) is 0 Å². The molecular formula is C20H13F3N2O3. The van der Waals surface area contributed by atoms with Crippen molar-refractivity contribution in [2.24, 2.45) is 0 Å². The molecule has 5 nitrogen and oxygen atoms in total. The molecule has 2 amide bonds. The second-order valence-corrected chi connectivity index (χ2v) is 5.81. The Labute approximate surface area is 157 Å². The number of phenolic OH excluding ortho intramolecular Hbond substituents is 1. The lowest BCUT2D eigenvalue weighted by molar-refractivity contribution is 0.101. The quantitative estimate of drug-likeness (QED) is 0.625. The molecule has 0 unspecified atom stereocenters. The molecule has 0 aliphatic heterocycles. The first-order valence-electron chi connectivity index (χ1n) is 7.99. The van der Waals surface area contributed by atoms with E-state index in [9.17, 15) is 27.9 Å². The number of nitrogens with one attached hydrogen (secondary N) is 2. The van der Waals surface area contributed by atoms with Crippen molar-refractivity contribution in [2.75, 3.05) is 10.6 Å². The maximum absolute atomic E-state index is 13.2. The highest BCUT2D eigenvalue weighted by Gasteiger charge is 2.14. The predicted molar refractivity (Wildman–Crippen MR) is 96.8 cm³/mol. The third kappa shape index (κ3) is 4.47. The van der Waals surface area contributed by atoms with Crippen LogP contribution in [0.5, 0.6) is 5.75 Å². The fourth-order valence-corrected chi connectivity index (χ4v) is 2.42. The number of hydrogen-bond acceptors (Lipinski definition) is 3. The van der Waals surface area contributed by atoms with Crippen LogP contribution in [0.15, 0.2) is 60.7 Å². The Balaban J connectivity index is 1.73. The van der Waals surface area contributed by atoms with E-state index in [-0.39, 0.29) is 16.8 Å². The molecule has 0 radical (unpaired) electrons. The first kappa shape index (κ1) is 19.0. The molecule has 0 saturated carbocycles. The van der Waals surface area contributed by atoms with Crippen LogP contribution in [0.4, 0.5) is 24.5 Å². The molecule has 0 saturated heterocycles. The van der Waals surface area contributed by atoms with Gasteiger partial charge < -0.3 is 15.7 Å². The van der Waals surface area contributed by atoms with Gasteiger partial charge in [0.2, 0.25) is 0 Å². The normalized spacial score (nSPS) is 10.4. The van der Waals surface area contributed by atoms with Crippen LogP contribution in [0.25, 0.3) is 0 Å². The summed E-state index contributed by atoms with van der Waals surface area (Å²) in [5.41, 5.74) is 0.121. The second-order valence-electron chi connectivity index (χ2n) is 5.81. The van der Waals surface area contributed by atoms with E-state index in [2.05, 4.69) is 10.6 Å². The van der Waals surface area contributed by atoms with Gasteiger partial charge in [-0.25, -0.2) is 13.2 Å². The highest BCUT2D eigenvalue weighted by atomic mass is 19.1. The topological polar surface area (TPSA) is 78.4 Å². The van der Waals surface area contributed by atoms with Crippen LogP contribution >= 0.6 is 0 Å². The number of amides is 2. The Hall–Kier alpha value is -3.81. The summed E-state index contributed by atoms with van der Waals surface area (Å²) in [5.74, 6) is -4.13. The van der Waals surface area contributed by atoms with Crippen molar-refractivity contribution in [3.05, 3.63) is 89.2 Å². The van der Waals surface area contributed by atoms with E-state index in [1.165, 1.54) is 36.4 Å². The molecule has 0 fully saturated rings. The number of rotatable bonds is 4. The lowest BCUT2D eigenvalue weighted by Gasteiger charge is -2.10. The average Bonchev–Trinajstić information content (AvgIpc) is 2.63. The third-order valence-electron chi connectivity index (χ3n) is 3.73. The maximum atomic E-state index is 13.2. The third-order valence-corrected chi connectivity index (χ3v) is 3.73. The molecule has 0 bridgehead atoms. The minimum Gasteiger partial charge on any atom is -0.507 e. The Morgan fingerprint density at radius 1 is 0.679 bits per heavy atom. The predicted octanol–water partition coefficient (Wildman–Crippen LogP) is 4.31. The minimum absolute atomic E-state index is 0.0841. The number of hydrogen-bond donors (Lipinski definition) is 3.